The van der Waals surface area contributed by atoms with Gasteiger partial charge in [0.25, 0.3) is 0 Å². The highest BCUT2D eigenvalue weighted by Gasteiger charge is 2.34. The molecule has 1 fully saturated rings. The second-order valence-electron chi connectivity index (χ2n) is 11.1. The fourth-order valence-electron chi connectivity index (χ4n) is 5.92. The van der Waals surface area contributed by atoms with Gasteiger partial charge < -0.3 is 19.5 Å². The number of H-pyrrole nitrogens is 1. The van der Waals surface area contributed by atoms with Gasteiger partial charge in [-0.05, 0) is 59.5 Å². The zero-order chi connectivity index (χ0) is 30.1. The van der Waals surface area contributed by atoms with E-state index >= 15 is 0 Å². The SMILES string of the molecule is CCN1CCN(Cc2ccc(CC(=O)N3CCc4ccc(Oc5c(F)cnc6[nH]ccc56)cc4C3)cc2C(F)(F)F)CC1. The first-order chi connectivity index (χ1) is 20.7. The quantitative estimate of drug-likeness (QED) is 0.275. The minimum Gasteiger partial charge on any atom is -0.453 e. The Labute approximate surface area is 247 Å². The van der Waals surface area contributed by atoms with Crippen LogP contribution in [0.15, 0.2) is 54.9 Å². The number of aromatic amines is 1. The van der Waals surface area contributed by atoms with Crippen LogP contribution in [-0.2, 0) is 36.9 Å². The number of hydrogen-bond acceptors (Lipinski definition) is 5. The third-order valence-electron chi connectivity index (χ3n) is 8.40. The Balaban J connectivity index is 1.14. The summed E-state index contributed by atoms with van der Waals surface area (Å²) >= 11 is 0. The van der Waals surface area contributed by atoms with Gasteiger partial charge in [0.1, 0.15) is 11.4 Å². The summed E-state index contributed by atoms with van der Waals surface area (Å²) in [6, 6.07) is 11.4. The molecule has 0 saturated carbocycles. The highest BCUT2D eigenvalue weighted by Crippen LogP contribution is 2.35. The first-order valence-corrected chi connectivity index (χ1v) is 14.5. The molecule has 0 unspecified atom stereocenters. The van der Waals surface area contributed by atoms with E-state index < -0.39 is 17.6 Å². The van der Waals surface area contributed by atoms with E-state index in [1.54, 1.807) is 35.4 Å². The Morgan fingerprint density at radius 2 is 1.79 bits per heavy atom. The van der Waals surface area contributed by atoms with Crippen molar-refractivity contribution in [2.24, 2.45) is 0 Å². The molecule has 2 aliphatic heterocycles. The number of halogens is 4. The van der Waals surface area contributed by atoms with Crippen molar-refractivity contribution >= 4 is 16.9 Å². The molecule has 4 aromatic rings. The molecule has 1 saturated heterocycles. The lowest BCUT2D eigenvalue weighted by Gasteiger charge is -2.34. The van der Waals surface area contributed by atoms with Gasteiger partial charge in [0.05, 0.1) is 23.6 Å². The van der Waals surface area contributed by atoms with E-state index in [0.29, 0.717) is 35.3 Å². The van der Waals surface area contributed by atoms with Crippen molar-refractivity contribution in [1.82, 2.24) is 24.7 Å². The van der Waals surface area contributed by atoms with Crippen LogP contribution in [0.25, 0.3) is 11.0 Å². The lowest BCUT2D eigenvalue weighted by atomic mass is 9.97. The first kappa shape index (κ1) is 29.1. The molecular weight excluding hydrogens is 562 g/mol. The number of hydrogen-bond donors (Lipinski definition) is 1. The minimum absolute atomic E-state index is 0.0575. The number of likely N-dealkylation sites (N-methyl/N-ethyl adjacent to an activating group) is 1. The fourth-order valence-corrected chi connectivity index (χ4v) is 5.92. The number of pyridine rings is 1. The van der Waals surface area contributed by atoms with Gasteiger partial charge in [-0.3, -0.25) is 9.69 Å². The van der Waals surface area contributed by atoms with E-state index in [-0.39, 0.29) is 36.7 Å². The number of fused-ring (bicyclic) bond motifs is 2. The lowest BCUT2D eigenvalue weighted by molar-refractivity contribution is -0.138. The summed E-state index contributed by atoms with van der Waals surface area (Å²) in [7, 11) is 0. The summed E-state index contributed by atoms with van der Waals surface area (Å²) < 4.78 is 62.7. The van der Waals surface area contributed by atoms with Crippen LogP contribution < -0.4 is 4.74 Å². The number of carbonyl (C=O) groups is 1. The molecule has 0 aliphatic carbocycles. The number of rotatable bonds is 7. The van der Waals surface area contributed by atoms with Gasteiger partial charge in [0, 0.05) is 52.0 Å². The summed E-state index contributed by atoms with van der Waals surface area (Å²) in [5.41, 5.74) is 2.29. The third kappa shape index (κ3) is 6.37. The molecule has 7 nitrogen and oxygen atoms in total. The molecule has 0 spiro atoms. The average molecular weight is 596 g/mol. The maximum atomic E-state index is 14.5. The predicted molar refractivity (Wildman–Crippen MR) is 154 cm³/mol. The van der Waals surface area contributed by atoms with Crippen molar-refractivity contribution in [2.45, 2.75) is 39.0 Å². The molecule has 43 heavy (non-hydrogen) atoms. The summed E-state index contributed by atoms with van der Waals surface area (Å²) in [4.78, 5) is 26.2. The van der Waals surface area contributed by atoms with E-state index in [2.05, 4.69) is 26.7 Å². The number of ether oxygens (including phenoxy) is 1. The zero-order valence-corrected chi connectivity index (χ0v) is 23.9. The van der Waals surface area contributed by atoms with Crippen LogP contribution in [0.1, 0.15) is 34.7 Å². The number of nitrogens with zero attached hydrogens (tertiary/aromatic N) is 4. The second-order valence-corrected chi connectivity index (χ2v) is 11.1. The molecule has 226 valence electrons. The molecule has 1 N–H and O–H groups in total. The van der Waals surface area contributed by atoms with Crippen LogP contribution in [0.3, 0.4) is 0 Å². The van der Waals surface area contributed by atoms with E-state index in [9.17, 15) is 22.4 Å². The highest BCUT2D eigenvalue weighted by molar-refractivity contribution is 5.83. The molecule has 2 aliphatic rings. The normalized spacial score (nSPS) is 16.4. The summed E-state index contributed by atoms with van der Waals surface area (Å²) in [6.45, 7) is 7.13. The standard InChI is InChI=1S/C32H33F4N5O2/c1-2-39-11-13-40(14-12-39)19-23-4-3-21(15-27(23)32(34,35)36)16-29(42)41-10-8-22-5-6-25(17-24(22)20-41)43-30-26-7-9-37-31(26)38-18-28(30)33/h3-7,9,15,17-18H,2,8,10-14,16,19-20H2,1H3,(H,37,38). The van der Waals surface area contributed by atoms with E-state index in [1.807, 2.05) is 6.07 Å². The van der Waals surface area contributed by atoms with Crippen LogP contribution in [0.2, 0.25) is 0 Å². The van der Waals surface area contributed by atoms with Gasteiger partial charge in [-0.15, -0.1) is 0 Å². The van der Waals surface area contributed by atoms with Gasteiger partial charge in [-0.2, -0.15) is 13.2 Å². The molecular formula is C32H33F4N5O2. The van der Waals surface area contributed by atoms with E-state index in [0.717, 1.165) is 56.1 Å². The van der Waals surface area contributed by atoms with Gasteiger partial charge >= 0.3 is 6.18 Å². The molecule has 2 aromatic heterocycles. The zero-order valence-electron chi connectivity index (χ0n) is 23.9. The van der Waals surface area contributed by atoms with E-state index in [1.165, 1.54) is 6.07 Å². The van der Waals surface area contributed by atoms with Gasteiger partial charge in [0.15, 0.2) is 11.6 Å². The molecule has 6 rings (SSSR count). The number of nitrogens with one attached hydrogen (secondary N) is 1. The Morgan fingerprint density at radius 1 is 1.00 bits per heavy atom. The van der Waals surface area contributed by atoms with Crippen LogP contribution in [0, 0.1) is 5.82 Å². The minimum atomic E-state index is -4.51. The van der Waals surface area contributed by atoms with Crippen molar-refractivity contribution in [1.29, 1.82) is 0 Å². The van der Waals surface area contributed by atoms with Crippen molar-refractivity contribution < 1.29 is 27.1 Å². The second kappa shape index (κ2) is 12.0. The van der Waals surface area contributed by atoms with Crippen molar-refractivity contribution in [2.75, 3.05) is 39.3 Å². The maximum absolute atomic E-state index is 14.5. The lowest BCUT2D eigenvalue weighted by Crippen LogP contribution is -2.45. The Hall–Kier alpha value is -3.96. The topological polar surface area (TPSA) is 64.7 Å². The highest BCUT2D eigenvalue weighted by atomic mass is 19.4. The van der Waals surface area contributed by atoms with Crippen molar-refractivity contribution in [3.63, 3.8) is 0 Å². The molecule has 0 atom stereocenters. The summed E-state index contributed by atoms with van der Waals surface area (Å²) in [6.07, 6.45) is -1.29. The van der Waals surface area contributed by atoms with Gasteiger partial charge in [0.2, 0.25) is 5.91 Å². The van der Waals surface area contributed by atoms with Crippen molar-refractivity contribution in [3.8, 4) is 11.5 Å². The summed E-state index contributed by atoms with van der Waals surface area (Å²) in [5, 5.41) is 0.512. The first-order valence-electron chi connectivity index (χ1n) is 14.5. The molecule has 4 heterocycles. The van der Waals surface area contributed by atoms with Crippen LogP contribution >= 0.6 is 0 Å². The molecule has 11 heteroatoms. The van der Waals surface area contributed by atoms with Crippen molar-refractivity contribution in [3.05, 3.63) is 88.5 Å². The van der Waals surface area contributed by atoms with Gasteiger partial charge in [-0.25, -0.2) is 9.37 Å². The van der Waals surface area contributed by atoms with Crippen LogP contribution in [-0.4, -0.2) is 69.8 Å². The Kier molecular flexibility index (Phi) is 8.11. The van der Waals surface area contributed by atoms with Crippen LogP contribution in [0.4, 0.5) is 17.6 Å². The number of benzene rings is 2. The Morgan fingerprint density at radius 3 is 2.56 bits per heavy atom. The number of carbonyl (C=O) groups excluding carboxylic acids is 1. The molecule has 0 radical (unpaired) electrons. The van der Waals surface area contributed by atoms with Gasteiger partial charge in [-0.1, -0.05) is 25.1 Å². The van der Waals surface area contributed by atoms with Crippen LogP contribution in [0.5, 0.6) is 11.5 Å². The smallest absolute Gasteiger partial charge is 0.416 e. The largest absolute Gasteiger partial charge is 0.453 e. The number of piperazine rings is 1. The Bertz CT molecular complexity index is 1630. The number of alkyl halides is 3. The fraction of sp³-hybridized carbons (Fsp3) is 0.375. The third-order valence-corrected chi connectivity index (χ3v) is 8.40. The molecule has 2 aromatic carbocycles. The average Bonchev–Trinajstić information content (AvgIpc) is 3.48. The number of amides is 1. The van der Waals surface area contributed by atoms with E-state index in [4.69, 9.17) is 4.74 Å². The number of aromatic nitrogens is 2. The molecule has 0 bridgehead atoms. The maximum Gasteiger partial charge on any atom is 0.416 e. The summed E-state index contributed by atoms with van der Waals surface area (Å²) in [5.74, 6) is -0.364. The molecule has 1 amide bonds. The predicted octanol–water partition coefficient (Wildman–Crippen LogP) is 5.78. The monoisotopic (exact) mass is 595 g/mol.